The Labute approximate surface area is 198 Å². The fourth-order valence-corrected chi connectivity index (χ4v) is 5.72. The van der Waals surface area contributed by atoms with Crippen LogP contribution in [0.25, 0.3) is 22.3 Å². The third kappa shape index (κ3) is 2.39. The zero-order chi connectivity index (χ0) is 22.7. The summed E-state index contributed by atoms with van der Waals surface area (Å²) >= 11 is 0. The Balaban J connectivity index is 1.66. The van der Waals surface area contributed by atoms with Crippen LogP contribution in [0.4, 0.5) is 0 Å². The highest BCUT2D eigenvalue weighted by Gasteiger charge is 2.51. The molecule has 0 saturated carbocycles. The summed E-state index contributed by atoms with van der Waals surface area (Å²) in [7, 11) is 0. The standard InChI is InChI=1S/C32H18NO/c33-20-21-14-16-24-25-17-15-23(22-8-2-1-3-9-22)19-29(25)32(28(24)18-21)26-10-4-6-12-30(26)34-31-13-7-5-11-27(31)32/h1-2,4-19H. The number of hydrogen-bond acceptors (Lipinski definition) is 2. The molecule has 7 rings (SSSR count). The van der Waals surface area contributed by atoms with Gasteiger partial charge in [0.1, 0.15) is 11.5 Å². The maximum absolute atomic E-state index is 9.78. The largest absolute Gasteiger partial charge is 0.457 e. The van der Waals surface area contributed by atoms with E-state index in [9.17, 15) is 5.26 Å². The monoisotopic (exact) mass is 432 g/mol. The van der Waals surface area contributed by atoms with Crippen molar-refractivity contribution in [3.63, 3.8) is 0 Å². The van der Waals surface area contributed by atoms with E-state index >= 15 is 0 Å². The number of nitrogens with zero attached hydrogens (tertiary/aromatic N) is 1. The summed E-state index contributed by atoms with van der Waals surface area (Å²) in [4.78, 5) is 0. The summed E-state index contributed by atoms with van der Waals surface area (Å²) in [6.45, 7) is 0. The average Bonchev–Trinajstić information content (AvgIpc) is 3.19. The average molecular weight is 433 g/mol. The molecule has 0 fully saturated rings. The van der Waals surface area contributed by atoms with Crippen LogP contribution in [-0.2, 0) is 5.41 Å². The lowest BCUT2D eigenvalue weighted by Crippen LogP contribution is -2.32. The predicted molar refractivity (Wildman–Crippen MR) is 133 cm³/mol. The second-order valence-electron chi connectivity index (χ2n) is 8.77. The molecule has 1 radical (unpaired) electrons. The van der Waals surface area contributed by atoms with Gasteiger partial charge in [-0.05, 0) is 75.8 Å². The number of benzene rings is 5. The molecule has 0 atom stereocenters. The van der Waals surface area contributed by atoms with Gasteiger partial charge in [0.05, 0.1) is 17.0 Å². The Morgan fingerprint density at radius 3 is 2.00 bits per heavy atom. The smallest absolute Gasteiger partial charge is 0.132 e. The van der Waals surface area contributed by atoms with Crippen LogP contribution in [-0.4, -0.2) is 0 Å². The highest BCUT2D eigenvalue weighted by atomic mass is 16.5. The van der Waals surface area contributed by atoms with Crippen LogP contribution in [0.2, 0.25) is 0 Å². The highest BCUT2D eigenvalue weighted by molar-refractivity contribution is 5.90. The molecule has 5 aromatic carbocycles. The summed E-state index contributed by atoms with van der Waals surface area (Å²) in [5, 5.41) is 9.78. The molecule has 34 heavy (non-hydrogen) atoms. The first-order chi connectivity index (χ1) is 16.8. The highest BCUT2D eigenvalue weighted by Crippen LogP contribution is 2.62. The maximum Gasteiger partial charge on any atom is 0.132 e. The molecule has 2 heteroatoms. The van der Waals surface area contributed by atoms with Crippen LogP contribution in [0.15, 0.2) is 109 Å². The Morgan fingerprint density at radius 1 is 0.647 bits per heavy atom. The van der Waals surface area contributed by atoms with Gasteiger partial charge >= 0.3 is 0 Å². The molecule has 1 spiro atoms. The number of ether oxygens (including phenoxy) is 1. The number of para-hydroxylation sites is 2. The van der Waals surface area contributed by atoms with Gasteiger partial charge in [0, 0.05) is 11.1 Å². The van der Waals surface area contributed by atoms with Crippen molar-refractivity contribution in [2.45, 2.75) is 5.41 Å². The minimum absolute atomic E-state index is 0.572. The van der Waals surface area contributed by atoms with Crippen LogP contribution >= 0.6 is 0 Å². The molecule has 0 N–H and O–H groups in total. The van der Waals surface area contributed by atoms with E-state index in [0.29, 0.717) is 5.56 Å². The van der Waals surface area contributed by atoms with Gasteiger partial charge in [-0.1, -0.05) is 72.8 Å². The number of hydrogen-bond donors (Lipinski definition) is 0. The van der Waals surface area contributed by atoms with Crippen molar-refractivity contribution in [3.05, 3.63) is 143 Å². The zero-order valence-electron chi connectivity index (χ0n) is 18.2. The van der Waals surface area contributed by atoms with Crippen LogP contribution in [0.5, 0.6) is 11.5 Å². The molecule has 0 aromatic heterocycles. The molecular formula is C32H18NO. The lowest BCUT2D eigenvalue weighted by atomic mass is 9.65. The fourth-order valence-electron chi connectivity index (χ4n) is 5.72. The fraction of sp³-hybridized carbons (Fsp3) is 0.0312. The van der Waals surface area contributed by atoms with Crippen molar-refractivity contribution in [1.29, 1.82) is 5.26 Å². The summed E-state index contributed by atoms with van der Waals surface area (Å²) in [6.07, 6.45) is 0. The first-order valence-corrected chi connectivity index (χ1v) is 11.3. The number of fused-ring (bicyclic) bond motifs is 9. The van der Waals surface area contributed by atoms with Gasteiger partial charge in [-0.15, -0.1) is 0 Å². The quantitative estimate of drug-likeness (QED) is 0.269. The minimum atomic E-state index is -0.572. The predicted octanol–water partition coefficient (Wildman–Crippen LogP) is 7.49. The summed E-state index contributed by atoms with van der Waals surface area (Å²) in [5.41, 5.74) is 9.24. The first kappa shape index (κ1) is 18.9. The number of nitriles is 1. The van der Waals surface area contributed by atoms with E-state index in [1.165, 1.54) is 11.1 Å². The lowest BCUT2D eigenvalue weighted by Gasteiger charge is -2.39. The molecule has 0 saturated heterocycles. The van der Waals surface area contributed by atoms with Gasteiger partial charge < -0.3 is 4.74 Å². The van der Waals surface area contributed by atoms with E-state index < -0.39 is 5.41 Å². The van der Waals surface area contributed by atoms with Gasteiger partial charge in [-0.3, -0.25) is 0 Å². The molecule has 1 aliphatic heterocycles. The summed E-state index contributed by atoms with van der Waals surface area (Å²) < 4.78 is 6.40. The van der Waals surface area contributed by atoms with E-state index in [2.05, 4.69) is 72.8 Å². The summed E-state index contributed by atoms with van der Waals surface area (Å²) in [5.74, 6) is 1.70. The lowest BCUT2D eigenvalue weighted by molar-refractivity contribution is 0.436. The molecule has 157 valence electrons. The Morgan fingerprint density at radius 2 is 1.32 bits per heavy atom. The van der Waals surface area contributed by atoms with Crippen molar-refractivity contribution < 1.29 is 4.74 Å². The SMILES string of the molecule is N#Cc1ccc2c(c1)C1(c3ccccc3Oc3ccccc31)c1cc(-c3c[c]ccc3)ccc1-2. The van der Waals surface area contributed by atoms with Crippen molar-refractivity contribution in [3.8, 4) is 39.8 Å². The van der Waals surface area contributed by atoms with Gasteiger partial charge in [0.15, 0.2) is 0 Å². The van der Waals surface area contributed by atoms with E-state index in [0.717, 1.165) is 44.9 Å². The van der Waals surface area contributed by atoms with Gasteiger partial charge in [-0.2, -0.15) is 5.26 Å². The zero-order valence-corrected chi connectivity index (χ0v) is 18.2. The summed E-state index contributed by atoms with van der Waals surface area (Å²) in [6, 6.07) is 43.0. The topological polar surface area (TPSA) is 33.0 Å². The van der Waals surface area contributed by atoms with Gasteiger partial charge in [0.25, 0.3) is 0 Å². The molecule has 0 unspecified atom stereocenters. The molecule has 2 aliphatic rings. The van der Waals surface area contributed by atoms with Crippen LogP contribution < -0.4 is 4.74 Å². The molecule has 1 heterocycles. The van der Waals surface area contributed by atoms with Crippen molar-refractivity contribution >= 4 is 0 Å². The van der Waals surface area contributed by atoms with Crippen LogP contribution in [0.1, 0.15) is 27.8 Å². The first-order valence-electron chi connectivity index (χ1n) is 11.3. The molecule has 0 amide bonds. The van der Waals surface area contributed by atoms with E-state index in [4.69, 9.17) is 4.74 Å². The van der Waals surface area contributed by atoms with Crippen LogP contribution in [0.3, 0.4) is 0 Å². The second kappa shape index (κ2) is 6.94. The van der Waals surface area contributed by atoms with Crippen molar-refractivity contribution in [2.24, 2.45) is 0 Å². The minimum Gasteiger partial charge on any atom is -0.457 e. The number of rotatable bonds is 1. The Kier molecular flexibility index (Phi) is 3.86. The van der Waals surface area contributed by atoms with E-state index in [1.807, 2.05) is 48.5 Å². The van der Waals surface area contributed by atoms with Gasteiger partial charge in [-0.25, -0.2) is 0 Å². The third-order valence-electron chi connectivity index (χ3n) is 7.11. The van der Waals surface area contributed by atoms with Gasteiger partial charge in [0.2, 0.25) is 0 Å². The van der Waals surface area contributed by atoms with E-state index in [-0.39, 0.29) is 0 Å². The maximum atomic E-state index is 9.78. The molecule has 5 aromatic rings. The van der Waals surface area contributed by atoms with Crippen molar-refractivity contribution in [1.82, 2.24) is 0 Å². The van der Waals surface area contributed by atoms with Crippen LogP contribution in [0, 0.1) is 17.4 Å². The van der Waals surface area contributed by atoms with E-state index in [1.54, 1.807) is 0 Å². The second-order valence-corrected chi connectivity index (χ2v) is 8.77. The molecule has 2 nitrogen and oxygen atoms in total. The van der Waals surface area contributed by atoms with Crippen molar-refractivity contribution in [2.75, 3.05) is 0 Å². The molecular weight excluding hydrogens is 414 g/mol. The Bertz CT molecular complexity index is 1600. The Hall–Kier alpha value is -4.61. The third-order valence-corrected chi connectivity index (χ3v) is 7.11. The normalized spacial score (nSPS) is 13.7. The molecule has 0 bridgehead atoms. The molecule has 1 aliphatic carbocycles.